The summed E-state index contributed by atoms with van der Waals surface area (Å²) >= 11 is 0. The molecule has 0 bridgehead atoms. The average molecular weight is 581 g/mol. The molecule has 3 aromatic carbocycles. The van der Waals surface area contributed by atoms with Crippen molar-refractivity contribution >= 4 is 16.7 Å². The van der Waals surface area contributed by atoms with Crippen molar-refractivity contribution in [2.45, 2.75) is 38.0 Å². The number of hydrogen-bond donors (Lipinski definition) is 0. The first-order chi connectivity index (χ1) is 22.3. The van der Waals surface area contributed by atoms with Gasteiger partial charge in [0.05, 0.1) is 0 Å². The van der Waals surface area contributed by atoms with Gasteiger partial charge in [0.15, 0.2) is 0 Å². The van der Waals surface area contributed by atoms with Crippen LogP contribution in [0.4, 0.5) is 0 Å². The van der Waals surface area contributed by atoms with Crippen LogP contribution >= 0.6 is 0 Å². The van der Waals surface area contributed by atoms with Crippen LogP contribution in [0.2, 0.25) is 0 Å². The number of ether oxygens (including phenoxy) is 1. The molecule has 1 heterocycles. The summed E-state index contributed by atoms with van der Waals surface area (Å²) in [7, 11) is 0. The molecule has 0 saturated carbocycles. The van der Waals surface area contributed by atoms with E-state index in [2.05, 4.69) is 140 Å². The van der Waals surface area contributed by atoms with Gasteiger partial charge in [-0.15, -0.1) is 0 Å². The third kappa shape index (κ3) is 4.45. The molecule has 0 saturated heterocycles. The van der Waals surface area contributed by atoms with Crippen LogP contribution in [0.1, 0.15) is 49.1 Å². The number of hydrogen-bond acceptors (Lipinski definition) is 1. The fourth-order valence-electron chi connectivity index (χ4n) is 8.45. The minimum absolute atomic E-state index is 0.240. The van der Waals surface area contributed by atoms with Crippen LogP contribution in [0, 0.1) is 11.8 Å². The molecule has 218 valence electrons. The smallest absolute Gasteiger partial charge is 0.130 e. The maximum Gasteiger partial charge on any atom is 0.130 e. The highest BCUT2D eigenvalue weighted by molar-refractivity contribution is 5.92. The van der Waals surface area contributed by atoms with E-state index >= 15 is 0 Å². The first-order valence-electron chi connectivity index (χ1n) is 16.6. The Morgan fingerprint density at radius 3 is 2.07 bits per heavy atom. The van der Waals surface area contributed by atoms with E-state index in [1.165, 1.54) is 60.6 Å². The van der Waals surface area contributed by atoms with Gasteiger partial charge in [-0.3, -0.25) is 0 Å². The summed E-state index contributed by atoms with van der Waals surface area (Å²) < 4.78 is 6.49. The Morgan fingerprint density at radius 2 is 1.29 bits per heavy atom. The fourth-order valence-corrected chi connectivity index (χ4v) is 8.45. The second-order valence-electron chi connectivity index (χ2n) is 12.9. The van der Waals surface area contributed by atoms with Crippen LogP contribution in [0.15, 0.2) is 168 Å². The Bertz CT molecular complexity index is 2100. The van der Waals surface area contributed by atoms with E-state index in [9.17, 15) is 0 Å². The number of rotatable bonds is 4. The zero-order valence-corrected chi connectivity index (χ0v) is 25.5. The number of allylic oxidation sites excluding steroid dienone is 16. The van der Waals surface area contributed by atoms with Crippen LogP contribution in [0.5, 0.6) is 5.75 Å². The van der Waals surface area contributed by atoms with Crippen molar-refractivity contribution in [3.63, 3.8) is 0 Å². The van der Waals surface area contributed by atoms with Gasteiger partial charge in [0.2, 0.25) is 0 Å². The second-order valence-corrected chi connectivity index (χ2v) is 12.9. The molecule has 0 amide bonds. The van der Waals surface area contributed by atoms with Crippen molar-refractivity contribution in [3.8, 4) is 5.75 Å². The van der Waals surface area contributed by atoms with Crippen molar-refractivity contribution in [2.75, 3.05) is 0 Å². The summed E-state index contributed by atoms with van der Waals surface area (Å²) in [6.07, 6.45) is 28.9. The van der Waals surface area contributed by atoms with Crippen LogP contribution < -0.4 is 15.2 Å². The molecule has 1 aliphatic heterocycles. The fraction of sp³-hybridized carbons (Fsp3) is 0.182. The van der Waals surface area contributed by atoms with Gasteiger partial charge in [-0.1, -0.05) is 127 Å². The monoisotopic (exact) mass is 580 g/mol. The van der Waals surface area contributed by atoms with Gasteiger partial charge >= 0.3 is 0 Å². The van der Waals surface area contributed by atoms with Crippen molar-refractivity contribution in [2.24, 2.45) is 11.8 Å². The minimum Gasteiger partial charge on any atom is -0.461 e. The lowest BCUT2D eigenvalue weighted by Gasteiger charge is -2.37. The first kappa shape index (κ1) is 26.5. The number of para-hydroxylation sites is 1. The molecule has 3 atom stereocenters. The molecule has 0 N–H and O–H groups in total. The van der Waals surface area contributed by atoms with Crippen LogP contribution in [0.25, 0.3) is 16.7 Å². The predicted octanol–water partition coefficient (Wildman–Crippen LogP) is 9.20. The summed E-state index contributed by atoms with van der Waals surface area (Å²) in [5.74, 6) is 2.90. The zero-order chi connectivity index (χ0) is 29.7. The van der Waals surface area contributed by atoms with Gasteiger partial charge in [0.1, 0.15) is 11.5 Å². The minimum atomic E-state index is 0.240. The van der Waals surface area contributed by atoms with Gasteiger partial charge in [-0.25, -0.2) is 0 Å². The molecule has 1 nitrogen and oxygen atoms in total. The normalized spacial score (nSPS) is 24.5. The van der Waals surface area contributed by atoms with Gasteiger partial charge in [-0.2, -0.15) is 0 Å². The quantitative estimate of drug-likeness (QED) is 0.299. The average Bonchev–Trinajstić information content (AvgIpc) is 3.48. The maximum absolute atomic E-state index is 6.49. The highest BCUT2D eigenvalue weighted by Crippen LogP contribution is 2.53. The largest absolute Gasteiger partial charge is 0.461 e. The van der Waals surface area contributed by atoms with E-state index in [0.717, 1.165) is 43.6 Å². The van der Waals surface area contributed by atoms with E-state index in [-0.39, 0.29) is 11.8 Å². The van der Waals surface area contributed by atoms with Crippen LogP contribution in [0.3, 0.4) is 0 Å². The number of fused-ring (bicyclic) bond motifs is 5. The topological polar surface area (TPSA) is 9.23 Å². The summed E-state index contributed by atoms with van der Waals surface area (Å²) in [5.41, 5.74) is 12.8. The Morgan fingerprint density at radius 1 is 0.600 bits per heavy atom. The van der Waals surface area contributed by atoms with E-state index < -0.39 is 0 Å². The van der Waals surface area contributed by atoms with Crippen LogP contribution in [-0.4, -0.2) is 0 Å². The molecule has 45 heavy (non-hydrogen) atoms. The summed E-state index contributed by atoms with van der Waals surface area (Å²) in [5, 5.41) is 2.78. The van der Waals surface area contributed by atoms with Crippen LogP contribution in [-0.2, 0) is 0 Å². The Kier molecular flexibility index (Phi) is 6.44. The van der Waals surface area contributed by atoms with Crippen molar-refractivity contribution in [1.29, 1.82) is 0 Å². The van der Waals surface area contributed by atoms with Gasteiger partial charge < -0.3 is 4.74 Å². The molecular formula is C44H36O. The summed E-state index contributed by atoms with van der Waals surface area (Å²) in [4.78, 5) is 0. The van der Waals surface area contributed by atoms with E-state index in [1.807, 2.05) is 0 Å². The van der Waals surface area contributed by atoms with Crippen molar-refractivity contribution in [1.82, 2.24) is 0 Å². The Hall–Kier alpha value is -4.88. The van der Waals surface area contributed by atoms with E-state index in [4.69, 9.17) is 4.74 Å². The molecular weight excluding hydrogens is 544 g/mol. The third-order valence-electron chi connectivity index (χ3n) is 10.5. The lowest BCUT2D eigenvalue weighted by Crippen LogP contribution is -2.41. The summed E-state index contributed by atoms with van der Waals surface area (Å²) in [6.45, 7) is 0. The van der Waals surface area contributed by atoms with Crippen molar-refractivity contribution in [3.05, 3.63) is 189 Å². The standard InChI is InChI=1S/C44H36O/c1-3-13-29(14-4-1)30-23-25-32(26-24-30)43-34-18-7-9-20-36(34)44(37-21-10-8-19-35(37)43)40-27-39-33-17-11-12-22-41(33)45-42(39)28-38(40)31-15-5-2-6-16-31/h1-3,5-13,15-23,25,28,34,36,39H,4,14,24,26-27H2. The molecule has 6 aliphatic rings. The molecule has 3 unspecified atom stereocenters. The second kappa shape index (κ2) is 10.9. The molecule has 0 spiro atoms. The highest BCUT2D eigenvalue weighted by atomic mass is 16.5. The van der Waals surface area contributed by atoms with E-state index in [0.29, 0.717) is 5.92 Å². The van der Waals surface area contributed by atoms with E-state index in [1.54, 1.807) is 0 Å². The predicted molar refractivity (Wildman–Crippen MR) is 185 cm³/mol. The molecule has 3 aromatic rings. The lowest BCUT2D eigenvalue weighted by molar-refractivity contribution is 0.424. The first-order valence-corrected chi connectivity index (χ1v) is 16.6. The molecule has 0 radical (unpaired) electrons. The lowest BCUT2D eigenvalue weighted by atomic mass is 9.66. The Labute approximate surface area is 265 Å². The maximum atomic E-state index is 6.49. The molecule has 0 fully saturated rings. The SMILES string of the molecule is C1=CCCC(C2=CC=C(C3=c4ccccc4=C(C4=C(c5ccccc5)C=C5Oc6ccccc6C5C4)C4C=CC=CC34)CC2)=C1. The van der Waals surface area contributed by atoms with Gasteiger partial charge in [0.25, 0.3) is 0 Å². The van der Waals surface area contributed by atoms with Crippen molar-refractivity contribution < 1.29 is 4.74 Å². The highest BCUT2D eigenvalue weighted by Gasteiger charge is 2.39. The molecule has 5 aliphatic carbocycles. The van der Waals surface area contributed by atoms with Gasteiger partial charge in [0, 0.05) is 23.3 Å². The van der Waals surface area contributed by atoms with Gasteiger partial charge in [-0.05, 0) is 99.3 Å². The summed E-state index contributed by atoms with van der Waals surface area (Å²) in [6, 6.07) is 28.7. The third-order valence-corrected chi connectivity index (χ3v) is 10.5. The zero-order valence-electron chi connectivity index (χ0n) is 25.5. The molecule has 1 heteroatoms. The molecule has 0 aromatic heterocycles. The molecule has 9 rings (SSSR count). The number of benzene rings is 3. The Balaban J connectivity index is 1.28.